The summed E-state index contributed by atoms with van der Waals surface area (Å²) in [6.07, 6.45) is 1.70. The highest BCUT2D eigenvalue weighted by molar-refractivity contribution is 9.10. The van der Waals surface area contributed by atoms with E-state index in [9.17, 15) is 14.3 Å². The highest BCUT2D eigenvalue weighted by Crippen LogP contribution is 2.41. The van der Waals surface area contributed by atoms with Gasteiger partial charge in [0, 0.05) is 15.6 Å². The Labute approximate surface area is 215 Å². The van der Waals surface area contributed by atoms with Crippen molar-refractivity contribution in [3.8, 4) is 5.75 Å². The summed E-state index contributed by atoms with van der Waals surface area (Å²) in [6.45, 7) is 1.90. The Balaban J connectivity index is 1.70. The molecule has 0 spiro atoms. The van der Waals surface area contributed by atoms with Crippen LogP contribution in [-0.2, 0) is 16.1 Å². The summed E-state index contributed by atoms with van der Waals surface area (Å²) < 4.78 is 25.9. The number of nitrogens with zero attached hydrogens (tertiary/aromatic N) is 1. The number of halogens is 2. The summed E-state index contributed by atoms with van der Waals surface area (Å²) in [6, 6.07) is 20.9. The maximum atomic E-state index is 14.0. The summed E-state index contributed by atoms with van der Waals surface area (Å²) >= 11 is 4.61. The number of aliphatic imine (C=N–C) groups is 1. The topological polar surface area (TPSA) is 68.1 Å². The summed E-state index contributed by atoms with van der Waals surface area (Å²) in [5, 5.41) is 11.3. The number of ether oxygens (including phenoxy) is 2. The molecule has 0 aromatic heterocycles. The van der Waals surface area contributed by atoms with Crippen LogP contribution in [0.2, 0.25) is 0 Å². The van der Waals surface area contributed by atoms with Crippen molar-refractivity contribution in [3.63, 3.8) is 0 Å². The first-order valence-corrected chi connectivity index (χ1v) is 12.4. The van der Waals surface area contributed by atoms with Gasteiger partial charge in [-0.05, 0) is 49.4 Å². The van der Waals surface area contributed by atoms with E-state index in [1.165, 1.54) is 6.07 Å². The third-order valence-corrected chi connectivity index (χ3v) is 6.47. The van der Waals surface area contributed by atoms with E-state index in [2.05, 4.69) is 20.9 Å². The number of benzene rings is 3. The monoisotopic (exact) mass is 553 g/mol. The number of carbonyl (C=O) groups excluding carboxylic acids is 1. The molecule has 3 aromatic rings. The van der Waals surface area contributed by atoms with Crippen LogP contribution in [0, 0.1) is 5.82 Å². The van der Waals surface area contributed by atoms with Crippen LogP contribution in [0.25, 0.3) is 6.08 Å². The molecule has 0 fully saturated rings. The lowest BCUT2D eigenvalue weighted by Crippen LogP contribution is -2.12. The Morgan fingerprint density at radius 3 is 2.60 bits per heavy atom. The van der Waals surface area contributed by atoms with Crippen LogP contribution >= 0.6 is 27.7 Å². The molecule has 5 nitrogen and oxygen atoms in total. The van der Waals surface area contributed by atoms with Gasteiger partial charge in [0.2, 0.25) is 0 Å². The zero-order valence-electron chi connectivity index (χ0n) is 18.7. The molecule has 0 amide bonds. The molecule has 8 heteroatoms. The Kier molecular flexibility index (Phi) is 8.05. The number of hydrogen-bond acceptors (Lipinski definition) is 6. The van der Waals surface area contributed by atoms with E-state index in [1.54, 1.807) is 49.4 Å². The molecule has 0 unspecified atom stereocenters. The molecule has 4 rings (SSSR count). The van der Waals surface area contributed by atoms with Crippen molar-refractivity contribution in [1.82, 2.24) is 0 Å². The number of aliphatic hydroxyl groups is 1. The molecule has 0 radical (unpaired) electrons. The van der Waals surface area contributed by atoms with E-state index >= 15 is 0 Å². The maximum absolute atomic E-state index is 14.0. The average molecular weight is 554 g/mol. The summed E-state index contributed by atoms with van der Waals surface area (Å²) in [7, 11) is 0. The lowest BCUT2D eigenvalue weighted by Gasteiger charge is -2.11. The van der Waals surface area contributed by atoms with Crippen molar-refractivity contribution in [1.29, 1.82) is 0 Å². The second kappa shape index (κ2) is 11.4. The van der Waals surface area contributed by atoms with Gasteiger partial charge in [-0.3, -0.25) is 0 Å². The van der Waals surface area contributed by atoms with Crippen molar-refractivity contribution in [3.05, 3.63) is 110 Å². The number of rotatable bonds is 7. The summed E-state index contributed by atoms with van der Waals surface area (Å²) in [4.78, 5) is 17.6. The van der Waals surface area contributed by atoms with Gasteiger partial charge >= 0.3 is 5.97 Å². The zero-order chi connectivity index (χ0) is 24.8. The van der Waals surface area contributed by atoms with Crippen LogP contribution in [0.15, 0.2) is 98.5 Å². The Morgan fingerprint density at radius 1 is 1.11 bits per heavy atom. The number of thioether (sulfide) groups is 1. The van der Waals surface area contributed by atoms with E-state index in [0.717, 1.165) is 16.2 Å². The SMILES string of the molecule is CCOC(=O)C1=C(O)/C(=C/c2cc(Br)ccc2OCc2ccccc2F)SC1=Nc1ccccc1. The minimum atomic E-state index is -0.652. The van der Waals surface area contributed by atoms with Crippen LogP contribution in [0.4, 0.5) is 10.1 Å². The molecule has 1 N–H and O–H groups in total. The fourth-order valence-electron chi connectivity index (χ4n) is 3.29. The van der Waals surface area contributed by atoms with Gasteiger partial charge in [0.15, 0.2) is 0 Å². The standard InChI is InChI=1S/C27H21BrFNO4S/c1-2-33-27(32)24-25(31)23(35-26(24)30-20-9-4-3-5-10-20)15-18-14-19(28)12-13-22(18)34-16-17-8-6-7-11-21(17)29/h3-15,31H,2,16H2,1H3/b23-15-,30-26?. The van der Waals surface area contributed by atoms with Gasteiger partial charge in [0.25, 0.3) is 0 Å². The molecule has 178 valence electrons. The summed E-state index contributed by atoms with van der Waals surface area (Å²) in [5.41, 5.74) is 1.71. The highest BCUT2D eigenvalue weighted by atomic mass is 79.9. The first kappa shape index (κ1) is 24.8. The Morgan fingerprint density at radius 2 is 1.86 bits per heavy atom. The number of para-hydroxylation sites is 1. The molecular formula is C27H21BrFNO4S. The van der Waals surface area contributed by atoms with E-state index in [-0.39, 0.29) is 30.4 Å². The van der Waals surface area contributed by atoms with Gasteiger partial charge in [-0.2, -0.15) is 0 Å². The Bertz CT molecular complexity index is 1340. The fraction of sp³-hybridized carbons (Fsp3) is 0.111. The van der Waals surface area contributed by atoms with Crippen LogP contribution in [-0.4, -0.2) is 22.7 Å². The second-order valence-electron chi connectivity index (χ2n) is 7.37. The van der Waals surface area contributed by atoms with Crippen molar-refractivity contribution < 1.29 is 23.8 Å². The number of carbonyl (C=O) groups is 1. The van der Waals surface area contributed by atoms with Crippen LogP contribution in [0.1, 0.15) is 18.1 Å². The molecule has 35 heavy (non-hydrogen) atoms. The van der Waals surface area contributed by atoms with Crippen LogP contribution in [0.3, 0.4) is 0 Å². The molecule has 0 saturated heterocycles. The van der Waals surface area contributed by atoms with Crippen molar-refractivity contribution in [2.75, 3.05) is 6.61 Å². The molecule has 0 aliphatic carbocycles. The minimum absolute atomic E-state index is 0.00998. The molecule has 0 bridgehead atoms. The number of hydrogen-bond donors (Lipinski definition) is 1. The van der Waals surface area contributed by atoms with Gasteiger partial charge in [-0.25, -0.2) is 14.2 Å². The first-order valence-electron chi connectivity index (χ1n) is 10.8. The molecule has 1 aliphatic rings. The first-order chi connectivity index (χ1) is 17.0. The lowest BCUT2D eigenvalue weighted by atomic mass is 10.1. The van der Waals surface area contributed by atoms with Crippen molar-refractivity contribution >= 4 is 50.5 Å². The third-order valence-electron chi connectivity index (χ3n) is 4.96. The highest BCUT2D eigenvalue weighted by Gasteiger charge is 2.33. The third kappa shape index (κ3) is 6.01. The number of esters is 1. The number of aliphatic hydroxyl groups excluding tert-OH is 1. The molecule has 3 aromatic carbocycles. The zero-order valence-corrected chi connectivity index (χ0v) is 21.1. The predicted octanol–water partition coefficient (Wildman–Crippen LogP) is 7.36. The fourth-order valence-corrected chi connectivity index (χ4v) is 4.69. The molecule has 0 saturated carbocycles. The van der Waals surface area contributed by atoms with E-state index < -0.39 is 5.97 Å². The normalized spacial score (nSPS) is 15.6. The van der Waals surface area contributed by atoms with E-state index in [0.29, 0.717) is 32.5 Å². The van der Waals surface area contributed by atoms with Crippen molar-refractivity contribution in [2.45, 2.75) is 13.5 Å². The van der Waals surface area contributed by atoms with Gasteiger partial charge in [-0.15, -0.1) is 0 Å². The maximum Gasteiger partial charge on any atom is 0.344 e. The molecule has 1 aliphatic heterocycles. The molecular weight excluding hydrogens is 533 g/mol. The molecule has 0 atom stereocenters. The Hall–Kier alpha value is -3.36. The summed E-state index contributed by atoms with van der Waals surface area (Å²) in [5.74, 6) is -0.732. The predicted molar refractivity (Wildman–Crippen MR) is 140 cm³/mol. The quantitative estimate of drug-likeness (QED) is 0.309. The van der Waals surface area contributed by atoms with Crippen molar-refractivity contribution in [2.24, 2.45) is 4.99 Å². The van der Waals surface area contributed by atoms with E-state index in [4.69, 9.17) is 9.47 Å². The smallest absolute Gasteiger partial charge is 0.344 e. The second-order valence-corrected chi connectivity index (χ2v) is 9.32. The van der Waals surface area contributed by atoms with Gasteiger partial charge in [0.1, 0.15) is 34.5 Å². The van der Waals surface area contributed by atoms with Crippen LogP contribution in [0.5, 0.6) is 5.75 Å². The van der Waals surface area contributed by atoms with Gasteiger partial charge in [0.05, 0.1) is 17.2 Å². The van der Waals surface area contributed by atoms with Gasteiger partial charge in [-0.1, -0.05) is 64.1 Å². The van der Waals surface area contributed by atoms with Gasteiger partial charge < -0.3 is 14.6 Å². The largest absolute Gasteiger partial charge is 0.506 e. The lowest BCUT2D eigenvalue weighted by molar-refractivity contribution is -0.138. The van der Waals surface area contributed by atoms with E-state index in [1.807, 2.05) is 30.3 Å². The molecule has 1 heterocycles. The van der Waals surface area contributed by atoms with Crippen LogP contribution < -0.4 is 4.74 Å². The minimum Gasteiger partial charge on any atom is -0.506 e. The average Bonchev–Trinajstić information content (AvgIpc) is 3.14.